The highest BCUT2D eigenvalue weighted by Gasteiger charge is 2.19. The Hall–Kier alpha value is -1.58. The van der Waals surface area contributed by atoms with Gasteiger partial charge in [-0.1, -0.05) is 13.8 Å². The highest BCUT2D eigenvalue weighted by molar-refractivity contribution is 5.95. The molecule has 1 heterocycles. The molecule has 0 spiro atoms. The Balaban J connectivity index is 3.31. The van der Waals surface area contributed by atoms with E-state index in [-0.39, 0.29) is 0 Å². The van der Waals surface area contributed by atoms with Crippen LogP contribution in [0.2, 0.25) is 0 Å². The first-order valence-corrected chi connectivity index (χ1v) is 6.33. The van der Waals surface area contributed by atoms with Crippen molar-refractivity contribution in [2.24, 2.45) is 5.92 Å². The maximum Gasteiger partial charge on any atom is 0.339 e. The normalized spacial score (nSPS) is 10.8. The predicted molar refractivity (Wildman–Crippen MR) is 73.4 cm³/mol. The SMILES string of the molecule is CCN(CC(C)C)c1cc(C)nc(C)c1C(=O)O. The van der Waals surface area contributed by atoms with Crippen LogP contribution in [-0.2, 0) is 0 Å². The first-order valence-electron chi connectivity index (χ1n) is 6.33. The smallest absolute Gasteiger partial charge is 0.339 e. The van der Waals surface area contributed by atoms with Crippen LogP contribution in [0.3, 0.4) is 0 Å². The molecule has 18 heavy (non-hydrogen) atoms. The van der Waals surface area contributed by atoms with E-state index in [9.17, 15) is 9.90 Å². The standard InChI is InChI=1S/C14H22N2O2/c1-6-16(8-9(2)3)12-7-10(4)15-11(5)13(12)14(17)18/h7,9H,6,8H2,1-5H3,(H,17,18). The summed E-state index contributed by atoms with van der Waals surface area (Å²) >= 11 is 0. The summed E-state index contributed by atoms with van der Waals surface area (Å²) in [4.78, 5) is 17.7. The molecule has 1 rings (SSSR count). The Labute approximate surface area is 109 Å². The van der Waals surface area contributed by atoms with Crippen LogP contribution in [0.1, 0.15) is 42.5 Å². The largest absolute Gasteiger partial charge is 0.478 e. The van der Waals surface area contributed by atoms with Gasteiger partial charge >= 0.3 is 5.97 Å². The van der Waals surface area contributed by atoms with E-state index < -0.39 is 5.97 Å². The van der Waals surface area contributed by atoms with E-state index in [1.165, 1.54) is 0 Å². The van der Waals surface area contributed by atoms with Crippen LogP contribution in [0.15, 0.2) is 6.07 Å². The second-order valence-corrected chi connectivity index (χ2v) is 4.98. The van der Waals surface area contributed by atoms with E-state index in [4.69, 9.17) is 0 Å². The van der Waals surface area contributed by atoms with Gasteiger partial charge in [0.1, 0.15) is 5.56 Å². The summed E-state index contributed by atoms with van der Waals surface area (Å²) in [6.07, 6.45) is 0. The number of pyridine rings is 1. The molecule has 100 valence electrons. The molecule has 1 N–H and O–H groups in total. The first kappa shape index (κ1) is 14.5. The van der Waals surface area contributed by atoms with Crippen molar-refractivity contribution in [3.8, 4) is 0 Å². The minimum Gasteiger partial charge on any atom is -0.478 e. The number of carboxylic acid groups (broad SMARTS) is 1. The zero-order chi connectivity index (χ0) is 13.9. The summed E-state index contributed by atoms with van der Waals surface area (Å²) in [5, 5.41) is 9.35. The molecule has 0 bridgehead atoms. The van der Waals surface area contributed by atoms with Crippen molar-refractivity contribution < 1.29 is 9.90 Å². The highest BCUT2D eigenvalue weighted by Crippen LogP contribution is 2.24. The van der Waals surface area contributed by atoms with E-state index in [2.05, 4.69) is 23.7 Å². The van der Waals surface area contributed by atoms with Gasteiger partial charge in [0, 0.05) is 18.8 Å². The van der Waals surface area contributed by atoms with Crippen LogP contribution in [0.4, 0.5) is 5.69 Å². The number of hydrogen-bond donors (Lipinski definition) is 1. The van der Waals surface area contributed by atoms with Gasteiger partial charge in [-0.25, -0.2) is 4.79 Å². The average Bonchev–Trinajstić information content (AvgIpc) is 2.23. The summed E-state index contributed by atoms with van der Waals surface area (Å²) in [7, 11) is 0. The van der Waals surface area contributed by atoms with E-state index in [0.29, 0.717) is 17.2 Å². The number of aromatic nitrogens is 1. The minimum absolute atomic E-state index is 0.322. The predicted octanol–water partition coefficient (Wildman–Crippen LogP) is 2.88. The molecule has 1 aromatic heterocycles. The van der Waals surface area contributed by atoms with Crippen LogP contribution in [0.5, 0.6) is 0 Å². The van der Waals surface area contributed by atoms with Gasteiger partial charge < -0.3 is 10.0 Å². The number of carbonyl (C=O) groups is 1. The van der Waals surface area contributed by atoms with Crippen molar-refractivity contribution in [1.82, 2.24) is 4.98 Å². The van der Waals surface area contributed by atoms with E-state index in [1.807, 2.05) is 19.9 Å². The van der Waals surface area contributed by atoms with Crippen molar-refractivity contribution in [3.63, 3.8) is 0 Å². The molecular weight excluding hydrogens is 228 g/mol. The molecule has 4 nitrogen and oxygen atoms in total. The van der Waals surface area contributed by atoms with Gasteiger partial charge in [-0.3, -0.25) is 4.98 Å². The van der Waals surface area contributed by atoms with E-state index >= 15 is 0 Å². The number of rotatable bonds is 5. The molecular formula is C14H22N2O2. The molecule has 0 aliphatic heterocycles. The lowest BCUT2D eigenvalue weighted by Crippen LogP contribution is -2.29. The summed E-state index contributed by atoms with van der Waals surface area (Å²) < 4.78 is 0. The van der Waals surface area contributed by atoms with Gasteiger partial charge in [0.2, 0.25) is 0 Å². The van der Waals surface area contributed by atoms with Crippen molar-refractivity contribution in [2.45, 2.75) is 34.6 Å². The molecule has 0 saturated heterocycles. The number of aryl methyl sites for hydroxylation is 2. The molecule has 0 radical (unpaired) electrons. The molecule has 0 aliphatic carbocycles. The Bertz CT molecular complexity index is 442. The summed E-state index contributed by atoms with van der Waals surface area (Å²) in [6, 6.07) is 1.86. The lowest BCUT2D eigenvalue weighted by atomic mass is 10.1. The third-order valence-corrected chi connectivity index (χ3v) is 2.83. The molecule has 0 amide bonds. The number of carboxylic acids is 1. The maximum atomic E-state index is 11.4. The van der Waals surface area contributed by atoms with Crippen molar-refractivity contribution in [3.05, 3.63) is 23.0 Å². The molecule has 0 aliphatic rings. The van der Waals surface area contributed by atoms with Gasteiger partial charge in [-0.15, -0.1) is 0 Å². The second kappa shape index (κ2) is 5.85. The van der Waals surface area contributed by atoms with Crippen molar-refractivity contribution in [2.75, 3.05) is 18.0 Å². The van der Waals surface area contributed by atoms with Crippen LogP contribution < -0.4 is 4.90 Å². The summed E-state index contributed by atoms with van der Waals surface area (Å²) in [6.45, 7) is 11.6. The first-order chi connectivity index (χ1) is 8.36. The Kier molecular flexibility index (Phi) is 4.70. The van der Waals surface area contributed by atoms with Gasteiger partial charge in [0.15, 0.2) is 0 Å². The number of aromatic carboxylic acids is 1. The monoisotopic (exact) mass is 250 g/mol. The van der Waals surface area contributed by atoms with Crippen molar-refractivity contribution >= 4 is 11.7 Å². The fourth-order valence-electron chi connectivity index (χ4n) is 2.16. The molecule has 0 saturated carbocycles. The Morgan fingerprint density at radius 2 is 2.06 bits per heavy atom. The molecule has 0 unspecified atom stereocenters. The van der Waals surface area contributed by atoms with Crippen LogP contribution in [0.25, 0.3) is 0 Å². The fourth-order valence-corrected chi connectivity index (χ4v) is 2.16. The summed E-state index contributed by atoms with van der Waals surface area (Å²) in [5.41, 5.74) is 2.54. The van der Waals surface area contributed by atoms with Gasteiger partial charge in [0.25, 0.3) is 0 Å². The van der Waals surface area contributed by atoms with Gasteiger partial charge in [-0.2, -0.15) is 0 Å². The van der Waals surface area contributed by atoms with Crippen LogP contribution in [-0.4, -0.2) is 29.1 Å². The molecule has 0 fully saturated rings. The van der Waals surface area contributed by atoms with Gasteiger partial charge in [0.05, 0.1) is 11.4 Å². The number of nitrogens with zero attached hydrogens (tertiary/aromatic N) is 2. The van der Waals surface area contributed by atoms with Gasteiger partial charge in [-0.05, 0) is 32.8 Å². The quantitative estimate of drug-likeness (QED) is 0.873. The molecule has 1 aromatic rings. The van der Waals surface area contributed by atoms with Crippen LogP contribution in [0, 0.1) is 19.8 Å². The second-order valence-electron chi connectivity index (χ2n) is 4.98. The zero-order valence-electron chi connectivity index (χ0n) is 11.8. The lowest BCUT2D eigenvalue weighted by molar-refractivity contribution is 0.0696. The molecule has 0 aromatic carbocycles. The topological polar surface area (TPSA) is 53.4 Å². The Morgan fingerprint density at radius 3 is 2.50 bits per heavy atom. The Morgan fingerprint density at radius 1 is 1.44 bits per heavy atom. The van der Waals surface area contributed by atoms with E-state index in [1.54, 1.807) is 6.92 Å². The zero-order valence-corrected chi connectivity index (χ0v) is 11.8. The molecule has 4 heteroatoms. The van der Waals surface area contributed by atoms with E-state index in [0.717, 1.165) is 24.5 Å². The minimum atomic E-state index is -0.905. The highest BCUT2D eigenvalue weighted by atomic mass is 16.4. The average molecular weight is 250 g/mol. The van der Waals surface area contributed by atoms with Crippen LogP contribution >= 0.6 is 0 Å². The maximum absolute atomic E-state index is 11.4. The lowest BCUT2D eigenvalue weighted by Gasteiger charge is -2.27. The third-order valence-electron chi connectivity index (χ3n) is 2.83. The fraction of sp³-hybridized carbons (Fsp3) is 0.571. The number of anilines is 1. The summed E-state index contributed by atoms with van der Waals surface area (Å²) in [5.74, 6) is -0.419. The molecule has 0 atom stereocenters. The van der Waals surface area contributed by atoms with Crippen molar-refractivity contribution in [1.29, 1.82) is 0 Å². The number of hydrogen-bond acceptors (Lipinski definition) is 3. The third kappa shape index (κ3) is 3.22.